The number of ether oxygens (including phenoxy) is 2. The zero-order valence-electron chi connectivity index (χ0n) is 16.9. The summed E-state index contributed by atoms with van der Waals surface area (Å²) in [4.78, 5) is 0. The molecule has 0 N–H and O–H groups in total. The number of hydrogen-bond donors (Lipinski definition) is 0. The van der Waals surface area contributed by atoms with Gasteiger partial charge in [0.1, 0.15) is 0 Å². The van der Waals surface area contributed by atoms with E-state index in [1.54, 1.807) is 0 Å². The van der Waals surface area contributed by atoms with E-state index in [0.717, 1.165) is 23.5 Å². The van der Waals surface area contributed by atoms with Crippen LogP contribution in [0.5, 0.6) is 0 Å². The van der Waals surface area contributed by atoms with Gasteiger partial charge in [0, 0.05) is 0 Å². The first-order chi connectivity index (χ1) is 14.8. The van der Waals surface area contributed by atoms with Crippen LogP contribution >= 0.6 is 0 Å². The van der Waals surface area contributed by atoms with E-state index in [1.165, 1.54) is 14.5 Å². The standard InChI is InChI=1S/C26H26O2Se2/c1-4-10-20(11-5-1)26-21(16-22(27-26)18-29-24-12-6-2-7-13-24)17-23(28-26)19-30-25-14-8-3-9-15-25/h1-15,21-23H,16-19H2/t21?,22-,23+,26?. The van der Waals surface area contributed by atoms with Crippen molar-refractivity contribution in [3.8, 4) is 0 Å². The molecule has 2 heterocycles. The molecule has 0 radical (unpaired) electrons. The van der Waals surface area contributed by atoms with Crippen molar-refractivity contribution >= 4 is 38.8 Å². The summed E-state index contributed by atoms with van der Waals surface area (Å²) < 4.78 is 16.4. The second-order valence-electron chi connectivity index (χ2n) is 7.93. The van der Waals surface area contributed by atoms with Crippen molar-refractivity contribution in [3.63, 3.8) is 0 Å². The number of hydrogen-bond acceptors (Lipinski definition) is 2. The molecular weight excluding hydrogens is 502 g/mol. The fourth-order valence-electron chi connectivity index (χ4n) is 4.51. The maximum atomic E-state index is 6.76. The van der Waals surface area contributed by atoms with Crippen LogP contribution in [0, 0.1) is 5.92 Å². The molecule has 0 bridgehead atoms. The Labute approximate surface area is 191 Å². The van der Waals surface area contributed by atoms with Crippen molar-refractivity contribution in [1.29, 1.82) is 0 Å². The summed E-state index contributed by atoms with van der Waals surface area (Å²) in [5.74, 6) is -0.0936. The van der Waals surface area contributed by atoms with Gasteiger partial charge in [0.05, 0.1) is 0 Å². The minimum absolute atomic E-state index is 0.288. The Morgan fingerprint density at radius 2 is 1.07 bits per heavy atom. The third kappa shape index (κ3) is 4.46. The number of rotatable bonds is 7. The summed E-state index contributed by atoms with van der Waals surface area (Å²) in [6.45, 7) is 0. The van der Waals surface area contributed by atoms with E-state index in [0.29, 0.717) is 35.8 Å². The molecule has 30 heavy (non-hydrogen) atoms. The Hall–Kier alpha value is -1.38. The van der Waals surface area contributed by atoms with Crippen molar-refractivity contribution < 1.29 is 9.47 Å². The van der Waals surface area contributed by atoms with E-state index >= 15 is 0 Å². The van der Waals surface area contributed by atoms with Crippen molar-refractivity contribution in [1.82, 2.24) is 0 Å². The van der Waals surface area contributed by atoms with E-state index in [9.17, 15) is 0 Å². The van der Waals surface area contributed by atoms with E-state index in [-0.39, 0.29) is 12.2 Å². The van der Waals surface area contributed by atoms with E-state index < -0.39 is 5.79 Å². The van der Waals surface area contributed by atoms with Crippen molar-refractivity contribution in [3.05, 3.63) is 96.6 Å². The topological polar surface area (TPSA) is 18.5 Å². The molecule has 0 aliphatic carbocycles. The number of fused-ring (bicyclic) bond motifs is 1. The van der Waals surface area contributed by atoms with Crippen LogP contribution in [0.15, 0.2) is 91.0 Å². The predicted molar refractivity (Wildman–Crippen MR) is 124 cm³/mol. The fourth-order valence-corrected chi connectivity index (χ4v) is 8.42. The second kappa shape index (κ2) is 9.40. The molecule has 2 aliphatic rings. The Bertz CT molecular complexity index is 878. The molecule has 3 aromatic carbocycles. The van der Waals surface area contributed by atoms with Gasteiger partial charge >= 0.3 is 192 Å². The molecule has 2 saturated heterocycles. The molecule has 5 rings (SSSR count). The van der Waals surface area contributed by atoms with Crippen LogP contribution in [0.25, 0.3) is 0 Å². The quantitative estimate of drug-likeness (QED) is 0.433. The zero-order valence-corrected chi connectivity index (χ0v) is 20.3. The van der Waals surface area contributed by atoms with Gasteiger partial charge in [-0.25, -0.2) is 0 Å². The SMILES string of the molecule is c1ccc([Se]C[C@@H]2CC3C[C@H](C[Se]c4ccccc4)OC3(c3ccccc3)O2)cc1. The summed E-state index contributed by atoms with van der Waals surface area (Å²) in [6.07, 6.45) is 2.79. The van der Waals surface area contributed by atoms with E-state index in [4.69, 9.17) is 9.47 Å². The molecule has 2 unspecified atom stereocenters. The van der Waals surface area contributed by atoms with Crippen molar-refractivity contribution in [2.24, 2.45) is 5.92 Å². The van der Waals surface area contributed by atoms with Crippen molar-refractivity contribution in [2.75, 3.05) is 0 Å². The molecule has 2 fully saturated rings. The molecule has 2 nitrogen and oxygen atoms in total. The third-order valence-corrected chi connectivity index (χ3v) is 10.7. The van der Waals surface area contributed by atoms with Gasteiger partial charge in [0.25, 0.3) is 0 Å². The minimum atomic E-state index is -0.546. The van der Waals surface area contributed by atoms with Crippen molar-refractivity contribution in [2.45, 2.75) is 41.5 Å². The van der Waals surface area contributed by atoms with Gasteiger partial charge in [-0.05, 0) is 0 Å². The first-order valence-corrected chi connectivity index (χ1v) is 14.7. The van der Waals surface area contributed by atoms with Crippen LogP contribution in [-0.2, 0) is 15.3 Å². The van der Waals surface area contributed by atoms with Gasteiger partial charge in [-0.15, -0.1) is 0 Å². The Kier molecular flexibility index (Phi) is 6.43. The molecule has 3 aromatic rings. The summed E-state index contributed by atoms with van der Waals surface area (Å²) >= 11 is 0.885. The van der Waals surface area contributed by atoms with Crippen LogP contribution in [0.1, 0.15) is 18.4 Å². The monoisotopic (exact) mass is 530 g/mol. The van der Waals surface area contributed by atoms with Gasteiger partial charge in [-0.2, -0.15) is 0 Å². The van der Waals surface area contributed by atoms with E-state index in [1.807, 2.05) is 0 Å². The maximum absolute atomic E-state index is 6.76. The van der Waals surface area contributed by atoms with E-state index in [2.05, 4.69) is 91.0 Å². The third-order valence-electron chi connectivity index (χ3n) is 5.85. The predicted octanol–water partition coefficient (Wildman–Crippen LogP) is 3.93. The van der Waals surface area contributed by atoms with Gasteiger partial charge in [-0.3, -0.25) is 0 Å². The summed E-state index contributed by atoms with van der Waals surface area (Å²) in [5, 5.41) is 2.23. The molecule has 4 heteroatoms. The molecule has 2 aliphatic heterocycles. The molecule has 4 atom stereocenters. The normalized spacial score (nSPS) is 27.8. The summed E-state index contributed by atoms with van der Waals surface area (Å²) in [6, 6.07) is 32.3. The van der Waals surface area contributed by atoms with Crippen LogP contribution in [0.4, 0.5) is 0 Å². The molecule has 154 valence electrons. The van der Waals surface area contributed by atoms with Gasteiger partial charge < -0.3 is 0 Å². The molecular formula is C26H26O2Se2. The second-order valence-corrected chi connectivity index (χ2v) is 12.5. The first kappa shape index (κ1) is 20.5. The molecule has 0 aromatic heterocycles. The fraction of sp³-hybridized carbons (Fsp3) is 0.308. The van der Waals surface area contributed by atoms with Crippen LogP contribution in [0.2, 0.25) is 10.6 Å². The van der Waals surface area contributed by atoms with Crippen LogP contribution in [-0.4, -0.2) is 42.1 Å². The number of benzene rings is 3. The van der Waals surface area contributed by atoms with Gasteiger partial charge in [-0.1, -0.05) is 0 Å². The molecule has 0 saturated carbocycles. The zero-order chi connectivity index (χ0) is 20.2. The molecule has 0 spiro atoms. The summed E-state index contributed by atoms with van der Waals surface area (Å²) in [5.41, 5.74) is 1.19. The first-order valence-electron chi connectivity index (χ1n) is 10.6. The average Bonchev–Trinajstić information content (AvgIpc) is 3.33. The van der Waals surface area contributed by atoms with Gasteiger partial charge in [0.2, 0.25) is 0 Å². The molecule has 0 amide bonds. The average molecular weight is 528 g/mol. The van der Waals surface area contributed by atoms with Gasteiger partial charge in [0.15, 0.2) is 0 Å². The Balaban J connectivity index is 1.28. The Morgan fingerprint density at radius 3 is 1.53 bits per heavy atom. The van der Waals surface area contributed by atoms with Crippen LogP contribution < -0.4 is 8.92 Å². The summed E-state index contributed by atoms with van der Waals surface area (Å²) in [7, 11) is 0. The van der Waals surface area contributed by atoms with Crippen LogP contribution in [0.3, 0.4) is 0 Å². The Morgan fingerprint density at radius 1 is 0.633 bits per heavy atom.